The molecule has 0 amide bonds. The lowest BCUT2D eigenvalue weighted by molar-refractivity contribution is 0.117. The Morgan fingerprint density at radius 1 is 1.00 bits per heavy atom. The molecule has 5 aromatic rings. The molecule has 2 aromatic heterocycles. The lowest BCUT2D eigenvalue weighted by Crippen LogP contribution is -2.31. The molecule has 1 atom stereocenters. The zero-order valence-corrected chi connectivity index (χ0v) is 19.4. The minimum atomic E-state index is -1.72. The Balaban J connectivity index is 1.83. The van der Waals surface area contributed by atoms with Crippen molar-refractivity contribution in [3.63, 3.8) is 0 Å². The number of imidazole rings is 1. The monoisotopic (exact) mass is 482 g/mol. The molecule has 0 saturated carbocycles. The number of aromatic nitrogens is 3. The minimum Gasteiger partial charge on any atom is -0.480 e. The van der Waals surface area contributed by atoms with Gasteiger partial charge in [0, 0.05) is 12.4 Å². The molecule has 2 heterocycles. The Hall–Kier alpha value is -4.61. The van der Waals surface area contributed by atoms with Crippen molar-refractivity contribution >= 4 is 10.9 Å². The van der Waals surface area contributed by atoms with Gasteiger partial charge in [-0.15, -0.1) is 0 Å². The van der Waals surface area contributed by atoms with Crippen molar-refractivity contribution < 1.29 is 18.6 Å². The van der Waals surface area contributed by atoms with Gasteiger partial charge in [-0.2, -0.15) is 5.26 Å². The molecule has 178 valence electrons. The van der Waals surface area contributed by atoms with Crippen molar-refractivity contribution in [3.8, 4) is 23.1 Å². The number of ether oxygens (including phenoxy) is 1. The molecule has 8 heteroatoms. The Morgan fingerprint density at radius 3 is 2.39 bits per heavy atom. The van der Waals surface area contributed by atoms with Crippen molar-refractivity contribution in [1.82, 2.24) is 14.5 Å². The minimum absolute atomic E-state index is 0.179. The lowest BCUT2D eigenvalue weighted by Gasteiger charge is -2.30. The molecule has 6 nitrogen and oxygen atoms in total. The van der Waals surface area contributed by atoms with E-state index in [9.17, 15) is 19.1 Å². The molecule has 0 spiro atoms. The predicted octanol–water partition coefficient (Wildman–Crippen LogP) is 5.08. The van der Waals surface area contributed by atoms with Crippen LogP contribution >= 0.6 is 0 Å². The summed E-state index contributed by atoms with van der Waals surface area (Å²) in [5.41, 5.74) is 1.00. The third-order valence-electron chi connectivity index (χ3n) is 6.24. The first-order chi connectivity index (χ1) is 17.4. The van der Waals surface area contributed by atoms with Gasteiger partial charge in [-0.1, -0.05) is 30.3 Å². The van der Waals surface area contributed by atoms with Crippen LogP contribution in [0.15, 0.2) is 79.3 Å². The van der Waals surface area contributed by atoms with Gasteiger partial charge in [-0.25, -0.2) is 18.7 Å². The van der Waals surface area contributed by atoms with Crippen LogP contribution in [0.5, 0.6) is 5.88 Å². The zero-order valence-electron chi connectivity index (χ0n) is 19.4. The fraction of sp³-hybridized carbons (Fsp3) is 0.107. The number of fused-ring (bicyclic) bond motifs is 1. The maximum atomic E-state index is 14.1. The highest BCUT2D eigenvalue weighted by molar-refractivity contribution is 5.94. The molecule has 0 aliphatic rings. The van der Waals surface area contributed by atoms with Crippen molar-refractivity contribution in [1.29, 1.82) is 5.26 Å². The second kappa shape index (κ2) is 8.87. The second-order valence-corrected chi connectivity index (χ2v) is 8.33. The summed E-state index contributed by atoms with van der Waals surface area (Å²) in [6.07, 6.45) is 3.09. The fourth-order valence-electron chi connectivity index (χ4n) is 4.50. The van der Waals surface area contributed by atoms with Crippen molar-refractivity contribution in [2.45, 2.75) is 5.60 Å². The summed E-state index contributed by atoms with van der Waals surface area (Å²) in [6, 6.07) is 18.6. The average molecular weight is 482 g/mol. The zero-order chi connectivity index (χ0) is 25.4. The molecule has 1 unspecified atom stereocenters. The largest absolute Gasteiger partial charge is 0.480 e. The summed E-state index contributed by atoms with van der Waals surface area (Å²) in [5, 5.41) is 22.8. The van der Waals surface area contributed by atoms with E-state index in [4.69, 9.17) is 4.74 Å². The van der Waals surface area contributed by atoms with Gasteiger partial charge in [0.25, 0.3) is 0 Å². The van der Waals surface area contributed by atoms with Crippen LogP contribution < -0.4 is 4.74 Å². The standard InChI is InChI=1S/C28H20F2N4O2/c1-34-16-32-15-25(34)28(35,18-6-9-20(29)10-7-18)19-8-11-24-22(13-19)23(14-31)26(27(33-24)36-2)17-4-3-5-21(30)12-17/h3-13,15-16,35H,1-2H3. The van der Waals surface area contributed by atoms with E-state index in [0.29, 0.717) is 38.9 Å². The molecule has 1 N–H and O–H groups in total. The normalized spacial score (nSPS) is 12.8. The smallest absolute Gasteiger partial charge is 0.223 e. The van der Waals surface area contributed by atoms with E-state index in [1.165, 1.54) is 49.7 Å². The van der Waals surface area contributed by atoms with Gasteiger partial charge >= 0.3 is 0 Å². The van der Waals surface area contributed by atoms with Crippen LogP contribution in [0.4, 0.5) is 8.78 Å². The van der Waals surface area contributed by atoms with Crippen LogP contribution in [0, 0.1) is 23.0 Å². The Labute approximate surface area is 205 Å². The summed E-state index contributed by atoms with van der Waals surface area (Å²) in [4.78, 5) is 8.70. The molecule has 5 rings (SSSR count). The summed E-state index contributed by atoms with van der Waals surface area (Å²) in [6.45, 7) is 0. The Morgan fingerprint density at radius 2 is 1.75 bits per heavy atom. The maximum Gasteiger partial charge on any atom is 0.223 e. The van der Waals surface area contributed by atoms with E-state index in [1.807, 2.05) is 0 Å². The third kappa shape index (κ3) is 3.67. The summed E-state index contributed by atoms with van der Waals surface area (Å²) in [7, 11) is 3.18. The van der Waals surface area contributed by atoms with E-state index >= 15 is 0 Å². The number of rotatable bonds is 5. The number of methoxy groups -OCH3 is 1. The Kier molecular flexibility index (Phi) is 5.71. The molecule has 0 aliphatic heterocycles. The number of hydrogen-bond donors (Lipinski definition) is 1. The molecule has 0 bridgehead atoms. The number of nitriles is 1. The topological polar surface area (TPSA) is 84.0 Å². The fourth-order valence-corrected chi connectivity index (χ4v) is 4.50. The van der Waals surface area contributed by atoms with Crippen molar-refractivity contribution in [2.24, 2.45) is 7.05 Å². The third-order valence-corrected chi connectivity index (χ3v) is 6.24. The van der Waals surface area contributed by atoms with Gasteiger partial charge in [0.1, 0.15) is 17.7 Å². The van der Waals surface area contributed by atoms with E-state index < -0.39 is 17.2 Å². The molecule has 0 saturated heterocycles. The Bertz CT molecular complexity index is 1640. The summed E-state index contributed by atoms with van der Waals surface area (Å²) < 4.78 is 34.9. The van der Waals surface area contributed by atoms with Crippen LogP contribution in [0.3, 0.4) is 0 Å². The highest BCUT2D eigenvalue weighted by atomic mass is 19.1. The van der Waals surface area contributed by atoms with E-state index in [1.54, 1.807) is 48.3 Å². The van der Waals surface area contributed by atoms with Gasteiger partial charge in [0.15, 0.2) is 5.60 Å². The van der Waals surface area contributed by atoms with E-state index in [2.05, 4.69) is 16.0 Å². The quantitative estimate of drug-likeness (QED) is 0.378. The molecule has 0 aliphatic carbocycles. The highest BCUT2D eigenvalue weighted by Crippen LogP contribution is 2.41. The molecular weight excluding hydrogens is 462 g/mol. The first kappa shape index (κ1) is 23.1. The molecule has 3 aromatic carbocycles. The summed E-state index contributed by atoms with van der Waals surface area (Å²) in [5.74, 6) is -0.723. The van der Waals surface area contributed by atoms with Crippen molar-refractivity contribution in [2.75, 3.05) is 7.11 Å². The SMILES string of the molecule is COc1nc2ccc(C(O)(c3ccc(F)cc3)c3cncn3C)cc2c(C#N)c1-c1cccc(F)c1. The molecular formula is C28H20F2N4O2. The molecule has 36 heavy (non-hydrogen) atoms. The van der Waals surface area contributed by atoms with E-state index in [0.717, 1.165) is 0 Å². The number of aliphatic hydroxyl groups is 1. The maximum absolute atomic E-state index is 14.1. The van der Waals surface area contributed by atoms with Gasteiger partial charge in [-0.05, 0) is 53.1 Å². The summed E-state index contributed by atoms with van der Waals surface area (Å²) >= 11 is 0. The van der Waals surface area contributed by atoms with Crippen molar-refractivity contribution in [3.05, 3.63) is 113 Å². The number of aryl methyl sites for hydroxylation is 1. The number of hydrogen-bond acceptors (Lipinski definition) is 5. The van der Waals surface area contributed by atoms with Crippen LogP contribution in [-0.4, -0.2) is 26.8 Å². The first-order valence-corrected chi connectivity index (χ1v) is 11.0. The van der Waals surface area contributed by atoms with Gasteiger partial charge < -0.3 is 14.4 Å². The van der Waals surface area contributed by atoms with Crippen LogP contribution in [0.2, 0.25) is 0 Å². The number of benzene rings is 3. The van der Waals surface area contributed by atoms with Crippen LogP contribution in [0.1, 0.15) is 22.4 Å². The van der Waals surface area contributed by atoms with Crippen LogP contribution in [0.25, 0.3) is 22.0 Å². The van der Waals surface area contributed by atoms with Crippen LogP contribution in [-0.2, 0) is 12.6 Å². The number of pyridine rings is 1. The predicted molar refractivity (Wildman–Crippen MR) is 130 cm³/mol. The second-order valence-electron chi connectivity index (χ2n) is 8.33. The van der Waals surface area contributed by atoms with Gasteiger partial charge in [-0.3, -0.25) is 0 Å². The lowest BCUT2D eigenvalue weighted by atomic mass is 9.82. The molecule has 0 radical (unpaired) electrons. The molecule has 0 fully saturated rings. The number of halogens is 2. The first-order valence-electron chi connectivity index (χ1n) is 11.0. The van der Waals surface area contributed by atoms with Gasteiger partial charge in [0.05, 0.1) is 42.0 Å². The average Bonchev–Trinajstić information content (AvgIpc) is 3.33. The van der Waals surface area contributed by atoms with E-state index in [-0.39, 0.29) is 11.4 Å². The highest BCUT2D eigenvalue weighted by Gasteiger charge is 2.37. The number of nitrogens with zero attached hydrogens (tertiary/aromatic N) is 4. The van der Waals surface area contributed by atoms with Gasteiger partial charge in [0.2, 0.25) is 5.88 Å².